The molecule has 9 heteroatoms. The van der Waals surface area contributed by atoms with E-state index in [1.54, 1.807) is 78.6 Å². The molecule has 35 heavy (non-hydrogen) atoms. The Labute approximate surface area is 205 Å². The molecular weight excluding hydrogens is 464 g/mol. The van der Waals surface area contributed by atoms with E-state index in [1.807, 2.05) is 18.2 Å². The molecule has 4 rings (SSSR count). The molecule has 0 bridgehead atoms. The van der Waals surface area contributed by atoms with Crippen LogP contribution in [0.25, 0.3) is 0 Å². The Bertz CT molecular complexity index is 1270. The van der Waals surface area contributed by atoms with Gasteiger partial charge >= 0.3 is 0 Å². The fourth-order valence-electron chi connectivity index (χ4n) is 3.99. The number of hydrogen-bond acceptors (Lipinski definition) is 5. The maximum absolute atomic E-state index is 13.1. The summed E-state index contributed by atoms with van der Waals surface area (Å²) in [6.45, 7) is 2.79. The molecule has 8 nitrogen and oxygen atoms in total. The molecule has 1 heterocycles. The van der Waals surface area contributed by atoms with Gasteiger partial charge in [-0.1, -0.05) is 48.5 Å². The predicted octanol–water partition coefficient (Wildman–Crippen LogP) is 3.27. The molecule has 2 amide bonds. The van der Waals surface area contributed by atoms with Gasteiger partial charge < -0.3 is 15.5 Å². The highest BCUT2D eigenvalue weighted by atomic mass is 32.2. The summed E-state index contributed by atoms with van der Waals surface area (Å²) >= 11 is 0. The number of amides is 2. The Balaban J connectivity index is 1.38. The summed E-state index contributed by atoms with van der Waals surface area (Å²) in [4.78, 5) is 27.8. The number of anilines is 2. The fourth-order valence-corrected chi connectivity index (χ4v) is 5.43. The number of benzene rings is 3. The number of carbonyl (C=O) groups is 2. The lowest BCUT2D eigenvalue weighted by molar-refractivity contribution is -0.132. The molecule has 0 aromatic heterocycles. The van der Waals surface area contributed by atoms with Crippen molar-refractivity contribution in [1.29, 1.82) is 0 Å². The first kappa shape index (κ1) is 24.4. The third-order valence-corrected chi connectivity index (χ3v) is 7.79. The van der Waals surface area contributed by atoms with Crippen LogP contribution in [0.15, 0.2) is 89.8 Å². The van der Waals surface area contributed by atoms with Crippen LogP contribution in [0.3, 0.4) is 0 Å². The summed E-state index contributed by atoms with van der Waals surface area (Å²) < 4.78 is 27.1. The zero-order chi connectivity index (χ0) is 24.8. The van der Waals surface area contributed by atoms with Gasteiger partial charge in [-0.3, -0.25) is 9.59 Å². The lowest BCUT2D eigenvalue weighted by Crippen LogP contribution is -2.53. The van der Waals surface area contributed by atoms with Crippen molar-refractivity contribution in [2.24, 2.45) is 0 Å². The van der Waals surface area contributed by atoms with Crippen LogP contribution in [-0.4, -0.2) is 61.7 Å². The van der Waals surface area contributed by atoms with Crippen LogP contribution >= 0.6 is 0 Å². The largest absolute Gasteiger partial charge is 0.373 e. The fraction of sp³-hybridized carbons (Fsp3) is 0.231. The summed E-state index contributed by atoms with van der Waals surface area (Å²) in [7, 11) is -3.59. The van der Waals surface area contributed by atoms with Crippen LogP contribution in [0.2, 0.25) is 0 Å². The van der Waals surface area contributed by atoms with Gasteiger partial charge in [0.25, 0.3) is 5.91 Å². The van der Waals surface area contributed by atoms with Crippen molar-refractivity contribution in [1.82, 2.24) is 9.21 Å². The monoisotopic (exact) mass is 492 g/mol. The number of para-hydroxylation sites is 2. The van der Waals surface area contributed by atoms with E-state index in [4.69, 9.17) is 0 Å². The van der Waals surface area contributed by atoms with Crippen LogP contribution < -0.4 is 10.6 Å². The average Bonchev–Trinajstić information content (AvgIpc) is 2.89. The van der Waals surface area contributed by atoms with E-state index in [0.29, 0.717) is 30.0 Å². The standard InChI is InChI=1S/C26H28N4O4S/c1-20(27-24-15-9-8-14-23(24)25(31)28-21-10-4-2-5-11-21)26(32)29-16-18-30(19-17-29)35(33,34)22-12-6-3-7-13-22/h2-15,20,27H,16-19H2,1H3,(H,28,31)/t20-/m0/s1. The third-order valence-electron chi connectivity index (χ3n) is 5.88. The lowest BCUT2D eigenvalue weighted by atomic mass is 10.1. The van der Waals surface area contributed by atoms with Crippen LogP contribution in [0, 0.1) is 0 Å². The van der Waals surface area contributed by atoms with Crippen molar-refractivity contribution < 1.29 is 18.0 Å². The van der Waals surface area contributed by atoms with Gasteiger partial charge in [0.2, 0.25) is 15.9 Å². The van der Waals surface area contributed by atoms with Crippen LogP contribution in [0.1, 0.15) is 17.3 Å². The first-order valence-electron chi connectivity index (χ1n) is 11.4. The van der Waals surface area contributed by atoms with Gasteiger partial charge in [0, 0.05) is 37.6 Å². The second kappa shape index (κ2) is 10.7. The molecule has 1 fully saturated rings. The maximum atomic E-state index is 13.1. The maximum Gasteiger partial charge on any atom is 0.257 e. The van der Waals surface area contributed by atoms with E-state index < -0.39 is 16.1 Å². The average molecular weight is 493 g/mol. The van der Waals surface area contributed by atoms with Gasteiger partial charge in [0.15, 0.2) is 0 Å². The molecule has 1 aliphatic heterocycles. The van der Waals surface area contributed by atoms with Gasteiger partial charge in [0.1, 0.15) is 6.04 Å². The summed E-state index contributed by atoms with van der Waals surface area (Å²) in [6, 6.07) is 23.9. The molecule has 2 N–H and O–H groups in total. The van der Waals surface area contributed by atoms with E-state index in [-0.39, 0.29) is 29.8 Å². The van der Waals surface area contributed by atoms with Gasteiger partial charge in [-0.2, -0.15) is 4.31 Å². The van der Waals surface area contributed by atoms with Crippen LogP contribution in [0.5, 0.6) is 0 Å². The normalized spacial score (nSPS) is 15.3. The molecule has 182 valence electrons. The number of rotatable bonds is 7. The van der Waals surface area contributed by atoms with Crippen molar-refractivity contribution in [3.05, 3.63) is 90.5 Å². The molecule has 1 saturated heterocycles. The highest BCUT2D eigenvalue weighted by molar-refractivity contribution is 7.89. The van der Waals surface area contributed by atoms with Crippen molar-refractivity contribution in [3.63, 3.8) is 0 Å². The number of sulfonamides is 1. The summed E-state index contributed by atoms with van der Waals surface area (Å²) in [5.41, 5.74) is 1.65. The summed E-state index contributed by atoms with van der Waals surface area (Å²) in [5, 5.41) is 6.02. The van der Waals surface area contributed by atoms with E-state index in [0.717, 1.165) is 0 Å². The molecule has 3 aromatic rings. The minimum atomic E-state index is -3.59. The quantitative estimate of drug-likeness (QED) is 0.528. The Morgan fingerprint density at radius 1 is 0.800 bits per heavy atom. The Kier molecular flexibility index (Phi) is 7.48. The summed E-state index contributed by atoms with van der Waals surface area (Å²) in [6.07, 6.45) is 0. The molecule has 0 unspecified atom stereocenters. The first-order chi connectivity index (χ1) is 16.9. The van der Waals surface area contributed by atoms with Crippen molar-refractivity contribution in [3.8, 4) is 0 Å². The molecule has 0 saturated carbocycles. The van der Waals surface area contributed by atoms with Crippen LogP contribution in [-0.2, 0) is 14.8 Å². The van der Waals surface area contributed by atoms with Crippen molar-refractivity contribution in [2.45, 2.75) is 17.9 Å². The number of hydrogen-bond donors (Lipinski definition) is 2. The summed E-state index contributed by atoms with van der Waals surface area (Å²) in [5.74, 6) is -0.432. The predicted molar refractivity (Wildman–Crippen MR) is 136 cm³/mol. The highest BCUT2D eigenvalue weighted by Crippen LogP contribution is 2.20. The first-order valence-corrected chi connectivity index (χ1v) is 12.9. The molecular formula is C26H28N4O4S. The minimum Gasteiger partial charge on any atom is -0.373 e. The number of nitrogens with zero attached hydrogens (tertiary/aromatic N) is 2. The lowest BCUT2D eigenvalue weighted by Gasteiger charge is -2.35. The second-order valence-electron chi connectivity index (χ2n) is 8.27. The van der Waals surface area contributed by atoms with Crippen molar-refractivity contribution >= 4 is 33.2 Å². The molecule has 0 spiro atoms. The van der Waals surface area contributed by atoms with E-state index in [9.17, 15) is 18.0 Å². The van der Waals surface area contributed by atoms with E-state index in [2.05, 4.69) is 10.6 Å². The van der Waals surface area contributed by atoms with Crippen LogP contribution in [0.4, 0.5) is 11.4 Å². The minimum absolute atomic E-state index is 0.153. The van der Waals surface area contributed by atoms with Gasteiger partial charge in [-0.25, -0.2) is 8.42 Å². The number of piperazine rings is 1. The molecule has 1 aliphatic rings. The SMILES string of the molecule is C[C@H](Nc1ccccc1C(=O)Nc1ccccc1)C(=O)N1CCN(S(=O)(=O)c2ccccc2)CC1. The zero-order valence-corrected chi connectivity index (χ0v) is 20.2. The molecule has 3 aromatic carbocycles. The second-order valence-corrected chi connectivity index (χ2v) is 10.2. The Morgan fingerprint density at radius 3 is 2.03 bits per heavy atom. The van der Waals surface area contributed by atoms with Gasteiger partial charge in [0.05, 0.1) is 10.5 Å². The smallest absolute Gasteiger partial charge is 0.257 e. The zero-order valence-electron chi connectivity index (χ0n) is 19.4. The molecule has 0 radical (unpaired) electrons. The van der Waals surface area contributed by atoms with E-state index >= 15 is 0 Å². The number of nitrogens with one attached hydrogen (secondary N) is 2. The molecule has 0 aliphatic carbocycles. The van der Waals surface area contributed by atoms with Gasteiger partial charge in [-0.15, -0.1) is 0 Å². The van der Waals surface area contributed by atoms with Gasteiger partial charge in [-0.05, 0) is 43.3 Å². The Morgan fingerprint density at radius 2 is 1.37 bits per heavy atom. The third kappa shape index (κ3) is 5.70. The topological polar surface area (TPSA) is 98.8 Å². The van der Waals surface area contributed by atoms with Crippen molar-refractivity contribution in [2.75, 3.05) is 36.8 Å². The highest BCUT2D eigenvalue weighted by Gasteiger charge is 2.31. The molecule has 1 atom stereocenters. The van der Waals surface area contributed by atoms with E-state index in [1.165, 1.54) is 4.31 Å². The Hall–Kier alpha value is -3.69. The number of carbonyl (C=O) groups excluding carboxylic acids is 2.